The zero-order valence-electron chi connectivity index (χ0n) is 11.1. The SMILES string of the molecule is COc1cc(NC(=O)c2cccc(F)c2)cc(OC)c1. The second-order valence-corrected chi connectivity index (χ2v) is 4.07. The molecular formula is C15H14FNO3. The summed E-state index contributed by atoms with van der Waals surface area (Å²) in [4.78, 5) is 12.0. The minimum atomic E-state index is -0.458. The van der Waals surface area contributed by atoms with E-state index in [0.29, 0.717) is 17.2 Å². The van der Waals surface area contributed by atoms with Gasteiger partial charge in [-0.25, -0.2) is 4.39 Å². The zero-order valence-corrected chi connectivity index (χ0v) is 11.1. The molecule has 0 aromatic heterocycles. The van der Waals surface area contributed by atoms with Gasteiger partial charge in [0.05, 0.1) is 14.2 Å². The van der Waals surface area contributed by atoms with E-state index in [-0.39, 0.29) is 5.56 Å². The van der Waals surface area contributed by atoms with E-state index in [9.17, 15) is 9.18 Å². The van der Waals surface area contributed by atoms with E-state index in [0.717, 1.165) is 0 Å². The summed E-state index contributed by atoms with van der Waals surface area (Å²) in [5.74, 6) is 0.249. The molecule has 2 rings (SSSR count). The van der Waals surface area contributed by atoms with Gasteiger partial charge >= 0.3 is 0 Å². The maximum absolute atomic E-state index is 13.1. The van der Waals surface area contributed by atoms with E-state index >= 15 is 0 Å². The van der Waals surface area contributed by atoms with Crippen LogP contribution in [0.5, 0.6) is 11.5 Å². The van der Waals surface area contributed by atoms with Crippen molar-refractivity contribution in [2.24, 2.45) is 0 Å². The highest BCUT2D eigenvalue weighted by Crippen LogP contribution is 2.26. The Labute approximate surface area is 116 Å². The predicted molar refractivity (Wildman–Crippen MR) is 73.9 cm³/mol. The number of amides is 1. The maximum atomic E-state index is 13.1. The van der Waals surface area contributed by atoms with Gasteiger partial charge in [0, 0.05) is 29.4 Å². The summed E-state index contributed by atoms with van der Waals surface area (Å²) >= 11 is 0. The standard InChI is InChI=1S/C15H14FNO3/c1-19-13-7-12(8-14(9-13)20-2)17-15(18)10-4-3-5-11(16)6-10/h3-9H,1-2H3,(H,17,18). The van der Waals surface area contributed by atoms with Gasteiger partial charge in [-0.2, -0.15) is 0 Å². The molecule has 0 aliphatic rings. The van der Waals surface area contributed by atoms with Crippen LogP contribution in [0, 0.1) is 5.82 Å². The average Bonchev–Trinajstić information content (AvgIpc) is 2.46. The Morgan fingerprint density at radius 2 is 1.70 bits per heavy atom. The van der Waals surface area contributed by atoms with Crippen LogP contribution in [0.15, 0.2) is 42.5 Å². The van der Waals surface area contributed by atoms with Crippen LogP contribution in [0.4, 0.5) is 10.1 Å². The fourth-order valence-corrected chi connectivity index (χ4v) is 1.71. The number of ether oxygens (including phenoxy) is 2. The van der Waals surface area contributed by atoms with E-state index in [1.165, 1.54) is 38.5 Å². The molecule has 0 spiro atoms. The Morgan fingerprint density at radius 1 is 1.05 bits per heavy atom. The average molecular weight is 275 g/mol. The van der Waals surface area contributed by atoms with E-state index in [1.54, 1.807) is 18.2 Å². The highest BCUT2D eigenvalue weighted by Gasteiger charge is 2.09. The van der Waals surface area contributed by atoms with Crippen LogP contribution < -0.4 is 14.8 Å². The Balaban J connectivity index is 2.23. The molecular weight excluding hydrogens is 261 g/mol. The van der Waals surface area contributed by atoms with Crippen molar-refractivity contribution >= 4 is 11.6 Å². The molecule has 2 aromatic rings. The van der Waals surface area contributed by atoms with Crippen LogP contribution in [0.2, 0.25) is 0 Å². The van der Waals surface area contributed by atoms with Gasteiger partial charge in [0.2, 0.25) is 0 Å². The fraction of sp³-hybridized carbons (Fsp3) is 0.133. The number of nitrogens with one attached hydrogen (secondary N) is 1. The first-order valence-electron chi connectivity index (χ1n) is 5.92. The number of benzene rings is 2. The molecule has 0 aliphatic carbocycles. The molecule has 0 saturated carbocycles. The monoisotopic (exact) mass is 275 g/mol. The summed E-state index contributed by atoms with van der Waals surface area (Å²) < 4.78 is 23.3. The lowest BCUT2D eigenvalue weighted by molar-refractivity contribution is 0.102. The Bertz CT molecular complexity index is 606. The molecule has 1 amide bonds. The number of methoxy groups -OCH3 is 2. The van der Waals surface area contributed by atoms with E-state index in [4.69, 9.17) is 9.47 Å². The van der Waals surface area contributed by atoms with Gasteiger partial charge in [0.15, 0.2) is 0 Å². The van der Waals surface area contributed by atoms with Crippen molar-refractivity contribution in [3.8, 4) is 11.5 Å². The number of hydrogen-bond donors (Lipinski definition) is 1. The molecule has 0 heterocycles. The largest absolute Gasteiger partial charge is 0.497 e. The van der Waals surface area contributed by atoms with Gasteiger partial charge in [-0.1, -0.05) is 6.07 Å². The first-order chi connectivity index (χ1) is 9.62. The van der Waals surface area contributed by atoms with Gasteiger partial charge in [-0.05, 0) is 18.2 Å². The zero-order chi connectivity index (χ0) is 14.5. The van der Waals surface area contributed by atoms with E-state index < -0.39 is 11.7 Å². The molecule has 4 nitrogen and oxygen atoms in total. The highest BCUT2D eigenvalue weighted by molar-refractivity contribution is 6.04. The van der Waals surface area contributed by atoms with Gasteiger partial charge < -0.3 is 14.8 Å². The van der Waals surface area contributed by atoms with Crippen molar-refractivity contribution in [1.82, 2.24) is 0 Å². The summed E-state index contributed by atoms with van der Waals surface area (Å²) in [6, 6.07) is 10.5. The minimum Gasteiger partial charge on any atom is -0.497 e. The molecule has 1 N–H and O–H groups in total. The van der Waals surface area contributed by atoms with Crippen molar-refractivity contribution < 1.29 is 18.7 Å². The van der Waals surface area contributed by atoms with Crippen molar-refractivity contribution in [2.75, 3.05) is 19.5 Å². The molecule has 0 unspecified atom stereocenters. The topological polar surface area (TPSA) is 47.6 Å². The fourth-order valence-electron chi connectivity index (χ4n) is 1.71. The molecule has 104 valence electrons. The number of anilines is 1. The summed E-state index contributed by atoms with van der Waals surface area (Å²) in [5.41, 5.74) is 0.752. The summed E-state index contributed by atoms with van der Waals surface area (Å²) in [7, 11) is 3.04. The third-order valence-corrected chi connectivity index (χ3v) is 2.70. The summed E-state index contributed by atoms with van der Waals surface area (Å²) in [6.07, 6.45) is 0. The molecule has 0 atom stereocenters. The van der Waals surface area contributed by atoms with Crippen LogP contribution in [-0.2, 0) is 0 Å². The molecule has 0 fully saturated rings. The van der Waals surface area contributed by atoms with Crippen LogP contribution in [-0.4, -0.2) is 20.1 Å². The number of carbonyl (C=O) groups is 1. The molecule has 0 aliphatic heterocycles. The lowest BCUT2D eigenvalue weighted by Gasteiger charge is -2.10. The number of carbonyl (C=O) groups excluding carboxylic acids is 1. The maximum Gasteiger partial charge on any atom is 0.255 e. The van der Waals surface area contributed by atoms with Gasteiger partial charge in [0.25, 0.3) is 5.91 Å². The lowest BCUT2D eigenvalue weighted by Crippen LogP contribution is -2.12. The normalized spacial score (nSPS) is 9.95. The molecule has 20 heavy (non-hydrogen) atoms. The molecule has 0 saturated heterocycles. The Hall–Kier alpha value is -2.56. The van der Waals surface area contributed by atoms with Crippen molar-refractivity contribution in [2.45, 2.75) is 0 Å². The first kappa shape index (κ1) is 13.9. The molecule has 0 radical (unpaired) electrons. The van der Waals surface area contributed by atoms with Crippen molar-refractivity contribution in [3.63, 3.8) is 0 Å². The molecule has 0 bridgehead atoms. The summed E-state index contributed by atoms with van der Waals surface area (Å²) in [5, 5.41) is 2.67. The van der Waals surface area contributed by atoms with Gasteiger partial charge in [-0.15, -0.1) is 0 Å². The smallest absolute Gasteiger partial charge is 0.255 e. The van der Waals surface area contributed by atoms with Gasteiger partial charge in [0.1, 0.15) is 17.3 Å². The third kappa shape index (κ3) is 3.26. The first-order valence-corrected chi connectivity index (χ1v) is 5.92. The highest BCUT2D eigenvalue weighted by atomic mass is 19.1. The predicted octanol–water partition coefficient (Wildman–Crippen LogP) is 3.10. The Morgan fingerprint density at radius 3 is 2.25 bits per heavy atom. The quantitative estimate of drug-likeness (QED) is 0.932. The summed E-state index contributed by atoms with van der Waals surface area (Å²) in [6.45, 7) is 0. The van der Waals surface area contributed by atoms with Crippen LogP contribution in [0.1, 0.15) is 10.4 Å². The van der Waals surface area contributed by atoms with E-state index in [2.05, 4.69) is 5.32 Å². The Kier molecular flexibility index (Phi) is 4.20. The van der Waals surface area contributed by atoms with Gasteiger partial charge in [-0.3, -0.25) is 4.79 Å². The third-order valence-electron chi connectivity index (χ3n) is 2.70. The van der Waals surface area contributed by atoms with Crippen molar-refractivity contribution in [3.05, 3.63) is 53.8 Å². The number of halogens is 1. The van der Waals surface area contributed by atoms with Crippen LogP contribution in [0.25, 0.3) is 0 Å². The second kappa shape index (κ2) is 6.06. The van der Waals surface area contributed by atoms with E-state index in [1.807, 2.05) is 0 Å². The molecule has 5 heteroatoms. The van der Waals surface area contributed by atoms with Crippen LogP contribution >= 0.6 is 0 Å². The lowest BCUT2D eigenvalue weighted by atomic mass is 10.2. The van der Waals surface area contributed by atoms with Crippen LogP contribution in [0.3, 0.4) is 0 Å². The van der Waals surface area contributed by atoms with Crippen molar-refractivity contribution in [1.29, 1.82) is 0 Å². The number of hydrogen-bond acceptors (Lipinski definition) is 3. The second-order valence-electron chi connectivity index (χ2n) is 4.07. The minimum absolute atomic E-state index is 0.242. The molecule has 2 aromatic carbocycles. The number of rotatable bonds is 4.